The standard InChI is InChI=1S/C15H22N2O2/c1-15(2)8-5-14(19)17(11-15)13(18)4-3-12-6-9-16-10-7-12/h3-5,8,12,16H,6-7,9-11H2,1-2H3/b4-3+. The summed E-state index contributed by atoms with van der Waals surface area (Å²) >= 11 is 0. The monoisotopic (exact) mass is 262 g/mol. The highest BCUT2D eigenvalue weighted by Crippen LogP contribution is 2.23. The Bertz CT molecular complexity index is 418. The third-order valence-electron chi connectivity index (χ3n) is 3.67. The zero-order valence-electron chi connectivity index (χ0n) is 11.7. The first-order valence-corrected chi connectivity index (χ1v) is 6.91. The maximum absolute atomic E-state index is 12.1. The number of nitrogens with one attached hydrogen (secondary N) is 1. The normalized spacial score (nSPS) is 24.1. The lowest BCUT2D eigenvalue weighted by molar-refractivity contribution is -0.140. The average Bonchev–Trinajstić information content (AvgIpc) is 2.40. The minimum absolute atomic E-state index is 0.133. The van der Waals surface area contributed by atoms with Crippen LogP contribution in [0.3, 0.4) is 0 Å². The van der Waals surface area contributed by atoms with Crippen molar-refractivity contribution in [1.29, 1.82) is 0 Å². The molecule has 0 unspecified atom stereocenters. The molecule has 19 heavy (non-hydrogen) atoms. The fourth-order valence-corrected chi connectivity index (χ4v) is 2.46. The Hall–Kier alpha value is -1.42. The molecule has 2 aliphatic rings. The molecular formula is C15H22N2O2. The molecular weight excluding hydrogens is 240 g/mol. The molecule has 0 aromatic rings. The predicted octanol–water partition coefficient (Wildman–Crippen LogP) is 1.49. The number of allylic oxidation sites excluding steroid dienone is 1. The molecule has 2 heterocycles. The van der Waals surface area contributed by atoms with Gasteiger partial charge in [0, 0.05) is 18.0 Å². The minimum atomic E-state index is -0.209. The summed E-state index contributed by atoms with van der Waals surface area (Å²) < 4.78 is 0. The lowest BCUT2D eigenvalue weighted by Crippen LogP contribution is -2.43. The third-order valence-corrected chi connectivity index (χ3v) is 3.67. The van der Waals surface area contributed by atoms with E-state index in [9.17, 15) is 9.59 Å². The van der Waals surface area contributed by atoms with Crippen molar-refractivity contribution in [2.45, 2.75) is 26.7 Å². The number of nitrogens with zero attached hydrogens (tertiary/aromatic N) is 1. The number of carbonyl (C=O) groups is 2. The highest BCUT2D eigenvalue weighted by molar-refractivity contribution is 6.05. The van der Waals surface area contributed by atoms with E-state index in [1.165, 1.54) is 11.0 Å². The Morgan fingerprint density at radius 2 is 2.11 bits per heavy atom. The van der Waals surface area contributed by atoms with Gasteiger partial charge in [-0.1, -0.05) is 26.0 Å². The number of carbonyl (C=O) groups excluding carboxylic acids is 2. The molecule has 0 aliphatic carbocycles. The summed E-state index contributed by atoms with van der Waals surface area (Å²) in [5.74, 6) is 0.0499. The SMILES string of the molecule is CC1(C)C=CC(=O)N(C(=O)/C=C/C2CCNCC2)C1. The van der Waals surface area contributed by atoms with Gasteiger partial charge in [0.15, 0.2) is 0 Å². The summed E-state index contributed by atoms with van der Waals surface area (Å²) in [7, 11) is 0. The van der Waals surface area contributed by atoms with Gasteiger partial charge in [-0.15, -0.1) is 0 Å². The summed E-state index contributed by atoms with van der Waals surface area (Å²) in [6.45, 7) is 6.50. The third kappa shape index (κ3) is 3.77. The van der Waals surface area contributed by atoms with Crippen molar-refractivity contribution in [3.05, 3.63) is 24.3 Å². The fraction of sp³-hybridized carbons (Fsp3) is 0.600. The van der Waals surface area contributed by atoms with E-state index in [1.54, 1.807) is 6.08 Å². The van der Waals surface area contributed by atoms with Gasteiger partial charge in [-0.05, 0) is 37.9 Å². The molecule has 0 spiro atoms. The minimum Gasteiger partial charge on any atom is -0.317 e. The Balaban J connectivity index is 1.97. The van der Waals surface area contributed by atoms with Crippen molar-refractivity contribution in [3.63, 3.8) is 0 Å². The molecule has 4 nitrogen and oxygen atoms in total. The molecule has 1 N–H and O–H groups in total. The van der Waals surface area contributed by atoms with E-state index in [1.807, 2.05) is 26.0 Å². The van der Waals surface area contributed by atoms with Gasteiger partial charge in [-0.25, -0.2) is 0 Å². The second kappa shape index (κ2) is 5.70. The van der Waals surface area contributed by atoms with E-state index < -0.39 is 0 Å². The molecule has 1 saturated heterocycles. The molecule has 1 fully saturated rings. The maximum atomic E-state index is 12.1. The number of imide groups is 1. The zero-order valence-corrected chi connectivity index (χ0v) is 11.7. The molecule has 0 saturated carbocycles. The molecule has 104 valence electrons. The Morgan fingerprint density at radius 1 is 1.42 bits per heavy atom. The highest BCUT2D eigenvalue weighted by atomic mass is 16.2. The van der Waals surface area contributed by atoms with Crippen molar-refractivity contribution < 1.29 is 9.59 Å². The lowest BCUT2D eigenvalue weighted by Gasteiger charge is -2.31. The molecule has 4 heteroatoms. The predicted molar refractivity (Wildman–Crippen MR) is 74.4 cm³/mol. The van der Waals surface area contributed by atoms with Crippen molar-refractivity contribution in [1.82, 2.24) is 10.2 Å². The molecule has 2 rings (SSSR count). The van der Waals surface area contributed by atoms with Gasteiger partial charge in [0.2, 0.25) is 0 Å². The van der Waals surface area contributed by atoms with E-state index in [0.717, 1.165) is 25.9 Å². The van der Waals surface area contributed by atoms with Gasteiger partial charge in [0.1, 0.15) is 0 Å². The van der Waals surface area contributed by atoms with E-state index in [4.69, 9.17) is 0 Å². The van der Waals surface area contributed by atoms with Gasteiger partial charge >= 0.3 is 0 Å². The Kier molecular flexibility index (Phi) is 4.20. The maximum Gasteiger partial charge on any atom is 0.253 e. The number of hydrogen-bond acceptors (Lipinski definition) is 3. The Morgan fingerprint density at radius 3 is 2.79 bits per heavy atom. The average molecular weight is 262 g/mol. The molecule has 2 aliphatic heterocycles. The number of rotatable bonds is 2. The Labute approximate surface area is 114 Å². The van der Waals surface area contributed by atoms with Crippen LogP contribution >= 0.6 is 0 Å². The van der Waals surface area contributed by atoms with Gasteiger partial charge in [0.25, 0.3) is 11.8 Å². The first kappa shape index (κ1) is 14.0. The van der Waals surface area contributed by atoms with Gasteiger partial charge in [-0.3, -0.25) is 14.5 Å². The van der Waals surface area contributed by atoms with Crippen molar-refractivity contribution in [3.8, 4) is 0 Å². The van der Waals surface area contributed by atoms with Crippen LogP contribution in [-0.2, 0) is 9.59 Å². The number of piperidine rings is 1. The molecule has 0 radical (unpaired) electrons. The van der Waals surface area contributed by atoms with Crippen LogP contribution < -0.4 is 5.32 Å². The van der Waals surface area contributed by atoms with Crippen LogP contribution in [0.15, 0.2) is 24.3 Å². The van der Waals surface area contributed by atoms with E-state index in [-0.39, 0.29) is 17.2 Å². The molecule has 0 atom stereocenters. The van der Waals surface area contributed by atoms with E-state index in [2.05, 4.69) is 5.32 Å². The summed E-state index contributed by atoms with van der Waals surface area (Å²) in [6.07, 6.45) is 9.02. The quantitative estimate of drug-likeness (QED) is 0.767. The van der Waals surface area contributed by atoms with Gasteiger partial charge < -0.3 is 5.32 Å². The molecule has 0 aromatic carbocycles. The summed E-state index contributed by atoms with van der Waals surface area (Å²) in [5.41, 5.74) is -0.133. The van der Waals surface area contributed by atoms with Crippen LogP contribution in [0.4, 0.5) is 0 Å². The first-order chi connectivity index (χ1) is 8.98. The van der Waals surface area contributed by atoms with Crippen LogP contribution in [0.1, 0.15) is 26.7 Å². The number of hydrogen-bond donors (Lipinski definition) is 1. The van der Waals surface area contributed by atoms with Gasteiger partial charge in [0.05, 0.1) is 0 Å². The largest absolute Gasteiger partial charge is 0.317 e. The lowest BCUT2D eigenvalue weighted by atomic mass is 9.89. The zero-order chi connectivity index (χ0) is 13.9. The molecule has 0 aromatic heterocycles. The van der Waals surface area contributed by atoms with Crippen LogP contribution in [0, 0.1) is 11.3 Å². The van der Waals surface area contributed by atoms with Crippen LogP contribution in [0.25, 0.3) is 0 Å². The summed E-state index contributed by atoms with van der Waals surface area (Å²) in [5, 5.41) is 3.29. The highest BCUT2D eigenvalue weighted by Gasteiger charge is 2.29. The second-order valence-corrected chi connectivity index (χ2v) is 6.03. The summed E-state index contributed by atoms with van der Waals surface area (Å²) in [4.78, 5) is 25.2. The number of amides is 2. The second-order valence-electron chi connectivity index (χ2n) is 6.03. The smallest absolute Gasteiger partial charge is 0.253 e. The van der Waals surface area contributed by atoms with Crippen LogP contribution in [0.2, 0.25) is 0 Å². The topological polar surface area (TPSA) is 49.4 Å². The molecule has 2 amide bonds. The van der Waals surface area contributed by atoms with Crippen LogP contribution in [0.5, 0.6) is 0 Å². The van der Waals surface area contributed by atoms with Crippen molar-refractivity contribution in [2.24, 2.45) is 11.3 Å². The fourth-order valence-electron chi connectivity index (χ4n) is 2.46. The van der Waals surface area contributed by atoms with Crippen molar-refractivity contribution >= 4 is 11.8 Å². The van der Waals surface area contributed by atoms with E-state index in [0.29, 0.717) is 12.5 Å². The molecule has 0 bridgehead atoms. The van der Waals surface area contributed by atoms with Gasteiger partial charge in [-0.2, -0.15) is 0 Å². The summed E-state index contributed by atoms with van der Waals surface area (Å²) in [6, 6.07) is 0. The van der Waals surface area contributed by atoms with Crippen molar-refractivity contribution in [2.75, 3.05) is 19.6 Å². The van der Waals surface area contributed by atoms with Crippen LogP contribution in [-0.4, -0.2) is 36.3 Å². The van der Waals surface area contributed by atoms with E-state index >= 15 is 0 Å². The first-order valence-electron chi connectivity index (χ1n) is 6.91.